The minimum Gasteiger partial charge on any atom is -1.00 e. The van der Waals surface area contributed by atoms with Crippen molar-refractivity contribution in [3.05, 3.63) is 178 Å². The van der Waals surface area contributed by atoms with Gasteiger partial charge in [0.2, 0.25) is 22.7 Å². The number of halogens is 13. The van der Waals surface area contributed by atoms with Gasteiger partial charge in [-0.15, -0.1) is 0 Å². The number of rotatable bonds is 12. The number of anilines is 1. The molecule has 0 atom stereocenters. The Bertz CT molecular complexity index is 3940. The van der Waals surface area contributed by atoms with Gasteiger partial charge in [0, 0.05) is 53.9 Å². The number of carbonyl (C=O) groups is 1. The summed E-state index contributed by atoms with van der Waals surface area (Å²) in [6.45, 7) is 20.6. The molecule has 8 N–H and O–H groups in total. The van der Waals surface area contributed by atoms with Crippen LogP contribution in [0.1, 0.15) is 107 Å². The molecule has 0 spiro atoms. The van der Waals surface area contributed by atoms with Crippen molar-refractivity contribution in [3.8, 4) is 6.01 Å². The number of nitrogen functional groups attached to an aromatic ring is 1. The van der Waals surface area contributed by atoms with Crippen LogP contribution in [0, 0.1) is 55.1 Å². The Morgan fingerprint density at radius 3 is 1.48 bits per heavy atom. The van der Waals surface area contributed by atoms with E-state index in [0.29, 0.717) is 84.5 Å². The summed E-state index contributed by atoms with van der Waals surface area (Å²) < 4.78 is 96.0. The Kier molecular flexibility index (Phi) is 45.9. The van der Waals surface area contributed by atoms with Gasteiger partial charge in [0.25, 0.3) is 12.5 Å². The number of fused-ring (bicyclic) bond motifs is 4. The Labute approximate surface area is 750 Å². The molecular weight excluding hydrogens is 1950 g/mol. The molecule has 2 aliphatic heterocycles. The number of benzene rings is 5. The average molecular weight is 2030 g/mol. The summed E-state index contributed by atoms with van der Waals surface area (Å²) in [6.07, 6.45) is 7.27. The van der Waals surface area contributed by atoms with Crippen molar-refractivity contribution in [1.82, 2.24) is 29.1 Å². The monoisotopic (exact) mass is 2020 g/mol. The van der Waals surface area contributed by atoms with Crippen molar-refractivity contribution in [1.29, 1.82) is 0 Å². The van der Waals surface area contributed by atoms with E-state index >= 15 is 0 Å². The van der Waals surface area contributed by atoms with Crippen LogP contribution in [0.15, 0.2) is 102 Å². The molecule has 101 heavy (non-hydrogen) atoms. The third kappa shape index (κ3) is 38.8. The van der Waals surface area contributed by atoms with E-state index < -0.39 is 66.9 Å². The van der Waals surface area contributed by atoms with Gasteiger partial charge in [-0.25, -0.2) is 28.1 Å². The number of carbonyl (C=O) groups excluding carboxylic acids is 1. The number of hydrogen-bond acceptors (Lipinski definition) is 19. The molecule has 548 valence electrons. The maximum Gasteiger partial charge on any atom is 1.00 e. The molecule has 0 bridgehead atoms. The molecule has 1 saturated heterocycles. The van der Waals surface area contributed by atoms with Gasteiger partial charge in [-0.2, -0.15) is 18.2 Å². The minimum absolute atomic E-state index is 0. The summed E-state index contributed by atoms with van der Waals surface area (Å²) in [5.74, 6) is -4.35. The number of aromatic nitrogens is 6. The molecule has 5 heterocycles. The van der Waals surface area contributed by atoms with Crippen LogP contribution in [-0.4, -0.2) is 114 Å². The topological polar surface area (TPSA) is 348 Å². The molecule has 23 nitrogen and oxygen atoms in total. The Morgan fingerprint density at radius 2 is 1.07 bits per heavy atom. The first-order valence-electron chi connectivity index (χ1n) is 29.1. The number of hydrogen-bond donors (Lipinski definition) is 6. The number of aryl methyl sites for hydroxylation is 2. The zero-order valence-electron chi connectivity index (χ0n) is 58.0. The van der Waals surface area contributed by atoms with Crippen LogP contribution in [0.4, 0.5) is 43.4 Å². The summed E-state index contributed by atoms with van der Waals surface area (Å²) in [7, 11) is 0. The van der Waals surface area contributed by atoms with E-state index in [4.69, 9.17) is 59.3 Å². The van der Waals surface area contributed by atoms with Crippen molar-refractivity contribution in [2.75, 3.05) is 25.5 Å². The molecule has 8 aromatic rings. The zero-order chi connectivity index (χ0) is 75.7. The van der Waals surface area contributed by atoms with Gasteiger partial charge < -0.3 is 57.5 Å². The van der Waals surface area contributed by atoms with E-state index in [1.165, 1.54) is 49.6 Å². The quantitative estimate of drug-likeness (QED) is 0.00969. The normalized spacial score (nSPS) is 12.4. The molecule has 1 fully saturated rings. The zero-order valence-corrected chi connectivity index (χ0v) is 79.0. The number of imidazole rings is 2. The molecule has 0 aliphatic carbocycles. The van der Waals surface area contributed by atoms with E-state index in [-0.39, 0.29) is 190 Å². The Balaban J connectivity index is 0. The fraction of sp³-hybridized carbons (Fsp3) is 0.413. The van der Waals surface area contributed by atoms with Crippen LogP contribution < -0.4 is 159 Å². The van der Waals surface area contributed by atoms with Gasteiger partial charge in [0.05, 0.1) is 68.4 Å². The predicted molar refractivity (Wildman–Crippen MR) is 381 cm³/mol. The van der Waals surface area contributed by atoms with Gasteiger partial charge in [0.1, 0.15) is 27.6 Å². The Hall–Kier alpha value is -1.63. The Morgan fingerprint density at radius 1 is 0.653 bits per heavy atom. The molecule has 10 rings (SSSR count). The van der Waals surface area contributed by atoms with Crippen LogP contribution >= 0.6 is 103 Å². The molecule has 0 radical (unpaired) electrons. The predicted octanol–water partition coefficient (Wildman–Crippen LogP) is 9.38. The smallest absolute Gasteiger partial charge is 1.00 e. The van der Waals surface area contributed by atoms with Crippen molar-refractivity contribution in [2.45, 2.75) is 149 Å². The molecule has 5 aromatic carbocycles. The van der Waals surface area contributed by atoms with Crippen molar-refractivity contribution in [2.24, 2.45) is 5.73 Å². The van der Waals surface area contributed by atoms with Crippen LogP contribution in [0.5, 0.6) is 6.01 Å². The number of nitro benzene ring substituents is 2. The van der Waals surface area contributed by atoms with Crippen LogP contribution in [0.3, 0.4) is 0 Å². The number of nitro groups is 2. The summed E-state index contributed by atoms with van der Waals surface area (Å²) >= 11 is 26.4. The summed E-state index contributed by atoms with van der Waals surface area (Å²) in [5.41, 5.74) is 8.83. The minimum atomic E-state index is -1.19. The molecule has 38 heteroatoms. The maximum atomic E-state index is 13.6. The summed E-state index contributed by atoms with van der Waals surface area (Å²) in [5, 5.41) is 67.4. The summed E-state index contributed by atoms with van der Waals surface area (Å²) in [4.78, 5) is 45.6. The first kappa shape index (κ1) is 99.4. The number of nitrogens with zero attached hydrogens (tertiary/aromatic N) is 8. The van der Waals surface area contributed by atoms with Gasteiger partial charge in [-0.3, -0.25) is 29.6 Å². The molecule has 2 aliphatic rings. The fourth-order valence-corrected chi connectivity index (χ4v) is 10.4. The van der Waals surface area contributed by atoms with Crippen molar-refractivity contribution in [3.63, 3.8) is 0 Å². The largest absolute Gasteiger partial charge is 1.00 e. The van der Waals surface area contributed by atoms with Gasteiger partial charge in [-0.1, -0.05) is 91.3 Å². The van der Waals surface area contributed by atoms with E-state index in [2.05, 4.69) is 104 Å². The molecule has 0 saturated carbocycles. The second-order valence-corrected chi connectivity index (χ2v) is 29.7. The second kappa shape index (κ2) is 46.7. The second-order valence-electron chi connectivity index (χ2n) is 24.4. The number of ether oxygens (including phenoxy) is 2. The standard InChI is InChI=1S/C11H10BrFN2O.C11H12BrFN2O.C11H13BrFNO3.C11H15BrFNO.C6H2BrF2NO2.C4H2Cl2N2.C4H11NO.C4H8O.CH2O3.2Cs.H/c1-11(2)5-15-8-4-6(12)3-7(13)9(8)14-10(15)16-11;1-11(2,16)5-15-6-14-10-8(13)3-7(12)4-9(10)15;1-11(2,15)4-3-7-5-8(12)6-9(13)10(7)14(16)17;1-11(2,15)4-3-7-5-8(12)6-9(13)10(7)14;7-3-1-4(8)6(10(11)12)5(9)2-3;5-3-1-2-7-4(6)8-3;1-4(2,6)3-5;1-2-4-5-3-1;2-1-4-3;;;/h3-4H,5H2,1-2H3;3-4,6,16H,5H2,1-2H3;5-6,15H,3-4H2,1-2H3;5-6,15H,3-4,14H2,1-2H3;1-2H;1-2H;6H,3,5H2,1-2H3;1-4H2;1,3H;;;/q;;;;;;;;;2*+1;-1/p-1. The molecule has 0 amide bonds. The number of nitrogens with two attached hydrogens (primary N) is 2. The van der Waals surface area contributed by atoms with Crippen LogP contribution in [0.25, 0.3) is 22.1 Å². The first-order chi connectivity index (χ1) is 45.6. The van der Waals surface area contributed by atoms with Crippen LogP contribution in [-0.2, 0) is 40.4 Å². The fourth-order valence-electron chi connectivity index (χ4n) is 7.92. The summed E-state index contributed by atoms with van der Waals surface area (Å²) in [6, 6.07) is 15.9. The van der Waals surface area contributed by atoms with Gasteiger partial charge >= 0.3 is 149 Å². The number of aliphatic hydroxyl groups is 4. The molecule has 3 aromatic heterocycles. The van der Waals surface area contributed by atoms with Crippen molar-refractivity contribution < 1.29 is 220 Å². The van der Waals surface area contributed by atoms with E-state index in [9.17, 15) is 61.9 Å². The van der Waals surface area contributed by atoms with Gasteiger partial charge in [0.15, 0.2) is 11.6 Å². The van der Waals surface area contributed by atoms with Gasteiger partial charge in [-0.05, 0) is 192 Å². The van der Waals surface area contributed by atoms with E-state index in [0.717, 1.165) is 42.5 Å². The first-order valence-corrected chi connectivity index (χ1v) is 33.9. The third-order valence-corrected chi connectivity index (χ3v) is 15.1. The maximum absolute atomic E-state index is 13.6. The van der Waals surface area contributed by atoms with E-state index in [1.54, 1.807) is 78.2 Å². The van der Waals surface area contributed by atoms with Crippen LogP contribution in [0.2, 0.25) is 10.4 Å². The molecular formula is C63H75Br5Cl2Cs2F6N10O13. The third-order valence-electron chi connectivity index (χ3n) is 12.4. The SMILES string of the molecule is C1CCOC1.CC(C)(O)CCc1cc(Br)cc(F)c1N.CC(C)(O)CCc1cc(Br)cc(F)c1[N+](=O)[O-].CC(C)(O)CN.CC(C)(O)Cn1cnc2c(F)cc(Br)cc21.CC1(C)Cn2c(nc3c(F)cc(Br)cc32)O1.Clc1ccnc(Cl)n1.O=CO[O-].O=[N+]([O-])c1c(F)cc(Br)cc1F.[Cs+].[Cs+].[H-]. The van der Waals surface area contributed by atoms with Crippen molar-refractivity contribution >= 4 is 148 Å². The average Bonchev–Trinajstić information content (AvgIpc) is 1.60. The van der Waals surface area contributed by atoms with E-state index in [1.807, 2.05) is 24.5 Å². The molecule has 0 unspecified atom stereocenters.